The van der Waals surface area contributed by atoms with Gasteiger partial charge in [0.25, 0.3) is 0 Å². The van der Waals surface area contributed by atoms with Crippen LogP contribution in [0.3, 0.4) is 0 Å². The molecule has 0 spiro atoms. The molecule has 1 unspecified atom stereocenters. The first-order valence-electron chi connectivity index (χ1n) is 3.39. The lowest BCUT2D eigenvalue weighted by molar-refractivity contribution is 0.00801. The van der Waals surface area contributed by atoms with E-state index in [4.69, 9.17) is 0 Å². The van der Waals surface area contributed by atoms with Gasteiger partial charge in [-0.3, -0.25) is 0 Å². The molecule has 10 heavy (non-hydrogen) atoms. The average Bonchev–Trinajstić information content (AvgIpc) is 1.81. The number of rotatable bonds is 4. The third kappa shape index (κ3) is 6.46. The second kappa shape index (κ2) is 4.27. The minimum atomic E-state index is -2.49. The normalized spacial score (nSPS) is 15.3. The Balaban J connectivity index is 3.36. The zero-order chi connectivity index (χ0) is 8.20. The van der Waals surface area contributed by atoms with Gasteiger partial charge in [0.05, 0.1) is 0 Å². The van der Waals surface area contributed by atoms with Gasteiger partial charge < -0.3 is 0 Å². The summed E-state index contributed by atoms with van der Waals surface area (Å²) < 4.78 is 24.4. The van der Waals surface area contributed by atoms with Crippen molar-refractivity contribution in [1.29, 1.82) is 0 Å². The Kier molecular flexibility index (Phi) is 4.41. The lowest BCUT2D eigenvalue weighted by Gasteiger charge is -2.12. The van der Waals surface area contributed by atoms with Gasteiger partial charge in [-0.25, -0.2) is 8.78 Å². The van der Waals surface area contributed by atoms with E-state index in [-0.39, 0.29) is 6.42 Å². The predicted molar refractivity (Wildman–Crippen MR) is 42.8 cm³/mol. The van der Waals surface area contributed by atoms with E-state index >= 15 is 0 Å². The van der Waals surface area contributed by atoms with E-state index in [0.717, 1.165) is 12.3 Å². The molecule has 0 nitrogen and oxygen atoms in total. The third-order valence-corrected chi connectivity index (χ3v) is 2.44. The van der Waals surface area contributed by atoms with E-state index in [1.54, 1.807) is 0 Å². The molecular formula is C7H13BrF2. The van der Waals surface area contributed by atoms with Crippen molar-refractivity contribution < 1.29 is 8.78 Å². The van der Waals surface area contributed by atoms with Crippen LogP contribution in [-0.2, 0) is 0 Å². The molecule has 0 aliphatic rings. The lowest BCUT2D eigenvalue weighted by atomic mass is 10.1. The maximum absolute atomic E-state index is 12.2. The van der Waals surface area contributed by atoms with Crippen molar-refractivity contribution in [1.82, 2.24) is 0 Å². The van der Waals surface area contributed by atoms with Crippen molar-refractivity contribution in [2.45, 2.75) is 32.6 Å². The van der Waals surface area contributed by atoms with Crippen molar-refractivity contribution in [2.24, 2.45) is 5.92 Å². The summed E-state index contributed by atoms with van der Waals surface area (Å²) in [4.78, 5) is 0. The standard InChI is InChI=1S/C7H13BrF2/c1-6(5-8)3-4-7(2,9)10/h6H,3-5H2,1-2H3. The largest absolute Gasteiger partial charge is 0.245 e. The number of alkyl halides is 3. The first-order valence-corrected chi connectivity index (χ1v) is 4.51. The zero-order valence-electron chi connectivity index (χ0n) is 6.33. The Labute approximate surface area is 69.1 Å². The van der Waals surface area contributed by atoms with Crippen LogP contribution >= 0.6 is 15.9 Å². The summed E-state index contributed by atoms with van der Waals surface area (Å²) in [5.74, 6) is -2.14. The molecule has 0 aliphatic carbocycles. The van der Waals surface area contributed by atoms with Gasteiger partial charge in [-0.15, -0.1) is 0 Å². The van der Waals surface area contributed by atoms with Crippen LogP contribution in [0.25, 0.3) is 0 Å². The van der Waals surface area contributed by atoms with Gasteiger partial charge in [-0.2, -0.15) is 0 Å². The Morgan fingerprint density at radius 1 is 1.50 bits per heavy atom. The van der Waals surface area contributed by atoms with Crippen LogP contribution < -0.4 is 0 Å². The Bertz CT molecular complexity index is 88.1. The minimum Gasteiger partial charge on any atom is -0.207 e. The molecule has 0 fully saturated rings. The number of hydrogen-bond donors (Lipinski definition) is 0. The van der Waals surface area contributed by atoms with Gasteiger partial charge in [0.15, 0.2) is 0 Å². The van der Waals surface area contributed by atoms with Crippen molar-refractivity contribution in [2.75, 3.05) is 5.33 Å². The number of halogens is 3. The van der Waals surface area contributed by atoms with Gasteiger partial charge in [0, 0.05) is 11.8 Å². The molecule has 0 aliphatic heterocycles. The molecule has 0 amide bonds. The Hall–Kier alpha value is 0.340. The molecule has 0 saturated carbocycles. The highest BCUT2D eigenvalue weighted by molar-refractivity contribution is 9.09. The summed E-state index contributed by atoms with van der Waals surface area (Å²) in [6.45, 7) is 2.93. The van der Waals surface area contributed by atoms with E-state index in [0.29, 0.717) is 12.3 Å². The minimum absolute atomic E-state index is 0.000231. The molecule has 62 valence electrons. The second-order valence-corrected chi connectivity index (χ2v) is 3.52. The quantitative estimate of drug-likeness (QED) is 0.630. The first-order chi connectivity index (χ1) is 4.45. The molecule has 0 radical (unpaired) electrons. The zero-order valence-corrected chi connectivity index (χ0v) is 7.92. The van der Waals surface area contributed by atoms with Crippen molar-refractivity contribution >= 4 is 15.9 Å². The molecule has 0 saturated heterocycles. The summed E-state index contributed by atoms with van der Waals surface area (Å²) in [6.07, 6.45) is 0.592. The SMILES string of the molecule is CC(CBr)CCC(C)(F)F. The highest BCUT2D eigenvalue weighted by atomic mass is 79.9. The second-order valence-electron chi connectivity index (χ2n) is 2.87. The van der Waals surface area contributed by atoms with Gasteiger partial charge in [0.2, 0.25) is 5.92 Å². The van der Waals surface area contributed by atoms with Crippen molar-refractivity contribution in [3.63, 3.8) is 0 Å². The van der Waals surface area contributed by atoms with Crippen LogP contribution in [0, 0.1) is 5.92 Å². The molecule has 0 heterocycles. The van der Waals surface area contributed by atoms with Crippen LogP contribution in [0.1, 0.15) is 26.7 Å². The lowest BCUT2D eigenvalue weighted by Crippen LogP contribution is -2.11. The highest BCUT2D eigenvalue weighted by Crippen LogP contribution is 2.22. The fourth-order valence-corrected chi connectivity index (χ4v) is 0.901. The molecule has 0 aromatic carbocycles. The monoisotopic (exact) mass is 214 g/mol. The van der Waals surface area contributed by atoms with E-state index < -0.39 is 5.92 Å². The maximum atomic E-state index is 12.2. The summed E-state index contributed by atoms with van der Waals surface area (Å²) >= 11 is 3.24. The predicted octanol–water partition coefficient (Wildman–Crippen LogP) is 3.45. The summed E-state index contributed by atoms with van der Waals surface area (Å²) in [6, 6.07) is 0. The molecule has 1 atom stereocenters. The highest BCUT2D eigenvalue weighted by Gasteiger charge is 2.21. The van der Waals surface area contributed by atoms with Gasteiger partial charge >= 0.3 is 0 Å². The topological polar surface area (TPSA) is 0 Å². The molecule has 0 N–H and O–H groups in total. The van der Waals surface area contributed by atoms with Crippen molar-refractivity contribution in [3.05, 3.63) is 0 Å². The molecule has 3 heteroatoms. The third-order valence-electron chi connectivity index (χ3n) is 1.34. The fraction of sp³-hybridized carbons (Fsp3) is 1.00. The van der Waals surface area contributed by atoms with E-state index in [1.165, 1.54) is 0 Å². The molecule has 0 aromatic heterocycles. The summed E-state index contributed by atoms with van der Waals surface area (Å²) in [5.41, 5.74) is 0. The van der Waals surface area contributed by atoms with E-state index in [9.17, 15) is 8.78 Å². The van der Waals surface area contributed by atoms with Crippen LogP contribution in [0.2, 0.25) is 0 Å². The van der Waals surface area contributed by atoms with Gasteiger partial charge in [-0.05, 0) is 19.3 Å². The van der Waals surface area contributed by atoms with E-state index in [1.807, 2.05) is 6.92 Å². The summed E-state index contributed by atoms with van der Waals surface area (Å²) in [7, 11) is 0. The van der Waals surface area contributed by atoms with Gasteiger partial charge in [-0.1, -0.05) is 22.9 Å². The van der Waals surface area contributed by atoms with Crippen molar-refractivity contribution in [3.8, 4) is 0 Å². The van der Waals surface area contributed by atoms with Crippen LogP contribution in [-0.4, -0.2) is 11.3 Å². The Morgan fingerprint density at radius 2 is 2.00 bits per heavy atom. The average molecular weight is 215 g/mol. The Morgan fingerprint density at radius 3 is 2.30 bits per heavy atom. The number of hydrogen-bond acceptors (Lipinski definition) is 0. The molecule has 0 bridgehead atoms. The van der Waals surface area contributed by atoms with Crippen LogP contribution in [0.4, 0.5) is 8.78 Å². The van der Waals surface area contributed by atoms with Crippen LogP contribution in [0.5, 0.6) is 0 Å². The van der Waals surface area contributed by atoms with Gasteiger partial charge in [0.1, 0.15) is 0 Å². The smallest absolute Gasteiger partial charge is 0.207 e. The molecule has 0 aromatic rings. The maximum Gasteiger partial charge on any atom is 0.245 e. The fourth-order valence-electron chi connectivity index (χ4n) is 0.577. The first kappa shape index (κ1) is 10.3. The van der Waals surface area contributed by atoms with Crippen LogP contribution in [0.15, 0.2) is 0 Å². The summed E-state index contributed by atoms with van der Waals surface area (Å²) in [5, 5.41) is 0.809. The van der Waals surface area contributed by atoms with E-state index in [2.05, 4.69) is 15.9 Å². The molecular weight excluding hydrogens is 202 g/mol. The molecule has 0 rings (SSSR count).